The van der Waals surface area contributed by atoms with Crippen LogP contribution in [0.3, 0.4) is 0 Å². The minimum Gasteiger partial charge on any atom is -0.495 e. The Labute approximate surface area is 347 Å². The lowest BCUT2D eigenvalue weighted by atomic mass is 9.59. The molecule has 1 spiro atoms. The fourth-order valence-corrected chi connectivity index (χ4v) is 9.58. The highest BCUT2D eigenvalue weighted by molar-refractivity contribution is 6.02. The molecule has 320 valence electrons. The molecule has 4 fully saturated rings. The lowest BCUT2D eigenvalue weighted by molar-refractivity contribution is -0.140. The first-order valence-electron chi connectivity index (χ1n) is 20.8. The van der Waals surface area contributed by atoms with Gasteiger partial charge in [-0.15, -0.1) is 0 Å². The zero-order chi connectivity index (χ0) is 42.5. The van der Waals surface area contributed by atoms with Gasteiger partial charge in [0.05, 0.1) is 37.1 Å². The standard InChI is InChI=1S/C43H52F3N9O5/c1-25(2)55-24-43(45,46)40(59)52(3)34-23-47-41(51-37(34)55)49-32-8-5-27(20-35(32)60-4)38(57)48-28-11-15-53(16-12-28)29-21-42(22-29)13-17-54(18-14-42)33-9-6-26(19-31(33)44)30-7-10-36(56)50-39(30)58/h5-6,8-9,19-20,23,25,28-30H,7,10-18,21-22,24H2,1-4H3,(H,48,57)(H,47,49,51)(H,50,56,58). The van der Waals surface area contributed by atoms with Crippen LogP contribution >= 0.6 is 0 Å². The molecule has 5 aliphatic rings. The molecule has 1 atom stereocenters. The molecule has 60 heavy (non-hydrogen) atoms. The summed E-state index contributed by atoms with van der Waals surface area (Å²) in [5, 5.41) is 8.63. The van der Waals surface area contributed by atoms with Gasteiger partial charge in [-0.2, -0.15) is 13.8 Å². The predicted octanol–water partition coefficient (Wildman–Crippen LogP) is 5.36. The third kappa shape index (κ3) is 8.07. The first-order chi connectivity index (χ1) is 28.6. The van der Waals surface area contributed by atoms with E-state index in [0.717, 1.165) is 69.6 Å². The number of benzene rings is 2. The van der Waals surface area contributed by atoms with Gasteiger partial charge in [-0.25, -0.2) is 9.37 Å². The molecule has 4 amide bonds. The highest BCUT2D eigenvalue weighted by Gasteiger charge is 2.49. The van der Waals surface area contributed by atoms with Crippen molar-refractivity contribution in [3.8, 4) is 5.75 Å². The third-order valence-corrected chi connectivity index (χ3v) is 13.2. The molecule has 1 unspecified atom stereocenters. The first-order valence-corrected chi connectivity index (χ1v) is 20.8. The Kier molecular flexibility index (Phi) is 11.1. The summed E-state index contributed by atoms with van der Waals surface area (Å²) in [4.78, 5) is 65.5. The van der Waals surface area contributed by atoms with E-state index >= 15 is 4.39 Å². The van der Waals surface area contributed by atoms with Crippen molar-refractivity contribution in [2.45, 2.75) is 95.2 Å². The number of alkyl halides is 2. The summed E-state index contributed by atoms with van der Waals surface area (Å²) in [5.74, 6) is -5.95. The van der Waals surface area contributed by atoms with E-state index in [9.17, 15) is 28.0 Å². The Morgan fingerprint density at radius 3 is 2.38 bits per heavy atom. The number of ether oxygens (including phenoxy) is 1. The number of likely N-dealkylation sites (tertiary alicyclic amines) is 1. The molecule has 0 bridgehead atoms. The second kappa shape index (κ2) is 16.2. The van der Waals surface area contributed by atoms with E-state index in [2.05, 4.69) is 35.7 Å². The number of piperidine rings is 3. The van der Waals surface area contributed by atoms with Crippen molar-refractivity contribution in [1.82, 2.24) is 25.5 Å². The molecule has 3 saturated heterocycles. The van der Waals surface area contributed by atoms with Crippen LogP contribution in [-0.4, -0.2) is 109 Å². The van der Waals surface area contributed by atoms with Gasteiger partial charge in [-0.05, 0) is 100 Å². The third-order valence-electron chi connectivity index (χ3n) is 13.2. The number of anilines is 5. The van der Waals surface area contributed by atoms with E-state index < -0.39 is 24.3 Å². The van der Waals surface area contributed by atoms with Gasteiger partial charge in [0, 0.05) is 63.3 Å². The summed E-state index contributed by atoms with van der Waals surface area (Å²) in [7, 11) is 2.77. The monoisotopic (exact) mass is 831 g/mol. The number of nitrogens with one attached hydrogen (secondary N) is 3. The molecule has 17 heteroatoms. The van der Waals surface area contributed by atoms with E-state index in [0.29, 0.717) is 40.7 Å². The average molecular weight is 832 g/mol. The lowest BCUT2D eigenvalue weighted by Gasteiger charge is -2.56. The molecule has 1 aromatic heterocycles. The maximum Gasteiger partial charge on any atom is 0.342 e. The van der Waals surface area contributed by atoms with Gasteiger partial charge >= 0.3 is 5.92 Å². The largest absolute Gasteiger partial charge is 0.495 e. The number of hydrogen-bond donors (Lipinski definition) is 3. The Balaban J connectivity index is 0.811. The van der Waals surface area contributed by atoms with E-state index in [1.165, 1.54) is 31.3 Å². The van der Waals surface area contributed by atoms with Crippen LogP contribution in [0.4, 0.5) is 42.0 Å². The average Bonchev–Trinajstić information content (AvgIpc) is 3.28. The van der Waals surface area contributed by atoms with Gasteiger partial charge in [0.2, 0.25) is 17.8 Å². The molecule has 3 aromatic rings. The van der Waals surface area contributed by atoms with Crippen molar-refractivity contribution in [3.05, 3.63) is 59.5 Å². The summed E-state index contributed by atoms with van der Waals surface area (Å²) >= 11 is 0. The van der Waals surface area contributed by atoms with Gasteiger partial charge in [0.25, 0.3) is 11.8 Å². The fourth-order valence-electron chi connectivity index (χ4n) is 9.58. The molecule has 5 heterocycles. The van der Waals surface area contributed by atoms with Crippen LogP contribution < -0.4 is 35.4 Å². The highest BCUT2D eigenvalue weighted by atomic mass is 19.3. The summed E-state index contributed by atoms with van der Waals surface area (Å²) in [6, 6.07) is 10.2. The minimum absolute atomic E-state index is 0.0281. The van der Waals surface area contributed by atoms with E-state index in [1.807, 2.05) is 6.07 Å². The second-order valence-corrected chi connectivity index (χ2v) is 17.3. The van der Waals surface area contributed by atoms with Crippen LogP contribution in [0.15, 0.2) is 42.6 Å². The normalized spacial score (nSPS) is 22.3. The Morgan fingerprint density at radius 1 is 0.983 bits per heavy atom. The van der Waals surface area contributed by atoms with Gasteiger partial charge in [0.15, 0.2) is 5.82 Å². The van der Waals surface area contributed by atoms with Crippen LogP contribution in [0.25, 0.3) is 0 Å². The van der Waals surface area contributed by atoms with E-state index in [1.54, 1.807) is 38.1 Å². The molecule has 14 nitrogen and oxygen atoms in total. The summed E-state index contributed by atoms with van der Waals surface area (Å²) in [6.45, 7) is 6.03. The predicted molar refractivity (Wildman–Crippen MR) is 220 cm³/mol. The van der Waals surface area contributed by atoms with Crippen molar-refractivity contribution < 1.29 is 37.1 Å². The van der Waals surface area contributed by atoms with Crippen LogP contribution in [0.2, 0.25) is 0 Å². The fraction of sp³-hybridized carbons (Fsp3) is 0.535. The van der Waals surface area contributed by atoms with E-state index in [4.69, 9.17) is 4.74 Å². The molecular weight excluding hydrogens is 780 g/mol. The number of fused-ring (bicyclic) bond motifs is 1. The number of rotatable bonds is 9. The number of amides is 4. The van der Waals surface area contributed by atoms with Crippen LogP contribution in [0.5, 0.6) is 5.75 Å². The lowest BCUT2D eigenvalue weighted by Crippen LogP contribution is -2.57. The topological polar surface area (TPSA) is 152 Å². The quantitative estimate of drug-likeness (QED) is 0.239. The SMILES string of the molecule is COc1cc(C(=O)NC2CCN(C3CC4(CCN(c5ccc(C6CCC(=O)NC6=O)cc5F)CC4)C3)CC2)ccc1Nc1ncc2c(n1)N(C(C)C)CC(F)(F)C(=O)N2C. The molecule has 3 N–H and O–H groups in total. The number of halogens is 3. The maximum absolute atomic E-state index is 15.3. The second-order valence-electron chi connectivity index (χ2n) is 17.3. The Bertz CT molecular complexity index is 2160. The maximum atomic E-state index is 15.3. The number of aromatic nitrogens is 2. The van der Waals surface area contributed by atoms with Gasteiger partial charge in [-0.3, -0.25) is 24.5 Å². The summed E-state index contributed by atoms with van der Waals surface area (Å²) in [6.07, 6.45) is 7.90. The molecule has 2 aromatic carbocycles. The van der Waals surface area contributed by atoms with Crippen LogP contribution in [-0.2, 0) is 14.4 Å². The summed E-state index contributed by atoms with van der Waals surface area (Å²) < 4.78 is 50.4. The van der Waals surface area contributed by atoms with Gasteiger partial charge < -0.3 is 35.0 Å². The van der Waals surface area contributed by atoms with Crippen molar-refractivity contribution in [2.75, 3.05) is 66.9 Å². The van der Waals surface area contributed by atoms with Crippen molar-refractivity contribution in [2.24, 2.45) is 5.41 Å². The van der Waals surface area contributed by atoms with Crippen molar-refractivity contribution in [1.29, 1.82) is 0 Å². The zero-order valence-corrected chi connectivity index (χ0v) is 34.4. The zero-order valence-electron chi connectivity index (χ0n) is 34.4. The first kappa shape index (κ1) is 41.3. The van der Waals surface area contributed by atoms with Crippen molar-refractivity contribution in [3.63, 3.8) is 0 Å². The van der Waals surface area contributed by atoms with E-state index in [-0.39, 0.29) is 64.9 Å². The number of methoxy groups -OCH3 is 1. The highest BCUT2D eigenvalue weighted by Crippen LogP contribution is 2.52. The van der Waals surface area contributed by atoms with Crippen LogP contribution in [0, 0.1) is 11.2 Å². The molecule has 1 saturated carbocycles. The minimum atomic E-state index is -3.60. The smallest absolute Gasteiger partial charge is 0.342 e. The Morgan fingerprint density at radius 2 is 1.72 bits per heavy atom. The summed E-state index contributed by atoms with van der Waals surface area (Å²) in [5.41, 5.74) is 2.50. The molecule has 8 rings (SSSR count). The number of imide groups is 1. The van der Waals surface area contributed by atoms with Gasteiger partial charge in [0.1, 0.15) is 17.3 Å². The number of hydrogen-bond acceptors (Lipinski definition) is 11. The van der Waals surface area contributed by atoms with Crippen molar-refractivity contribution >= 4 is 52.5 Å². The Hall–Kier alpha value is -5.45. The molecular formula is C43H52F3N9O5. The molecule has 4 aliphatic heterocycles. The van der Waals surface area contributed by atoms with Crippen LogP contribution in [0.1, 0.15) is 87.1 Å². The molecule has 1 aliphatic carbocycles. The molecule has 0 radical (unpaired) electrons. The number of nitrogens with zero attached hydrogens (tertiary/aromatic N) is 6. The van der Waals surface area contributed by atoms with Gasteiger partial charge in [-0.1, -0.05) is 6.07 Å². The number of carbonyl (C=O) groups excluding carboxylic acids is 4. The number of carbonyl (C=O) groups is 4.